The third-order valence-electron chi connectivity index (χ3n) is 7.78. The molecule has 29 heavy (non-hydrogen) atoms. The lowest BCUT2D eigenvalue weighted by Gasteiger charge is -2.49. The Labute approximate surface area is 175 Å². The minimum absolute atomic E-state index is 0.0945. The average molecular weight is 409 g/mol. The van der Waals surface area contributed by atoms with E-state index in [1.54, 1.807) is 0 Å². The van der Waals surface area contributed by atoms with E-state index < -0.39 is 11.6 Å². The number of hydrogen-bond donors (Lipinski definition) is 2. The quantitative estimate of drug-likeness (QED) is 0.671. The Morgan fingerprint density at radius 2 is 1.90 bits per heavy atom. The fourth-order valence-corrected chi connectivity index (χ4v) is 6.16. The van der Waals surface area contributed by atoms with E-state index in [2.05, 4.69) is 12.2 Å². The maximum Gasteiger partial charge on any atom is 0.220 e. The molecule has 1 unspecified atom stereocenters. The van der Waals surface area contributed by atoms with Crippen molar-refractivity contribution in [3.8, 4) is 0 Å². The summed E-state index contributed by atoms with van der Waals surface area (Å²) >= 11 is 0. The van der Waals surface area contributed by atoms with Crippen LogP contribution in [0, 0.1) is 23.7 Å². The lowest BCUT2D eigenvalue weighted by Crippen LogP contribution is -2.54. The van der Waals surface area contributed by atoms with Crippen LogP contribution in [0.3, 0.4) is 0 Å². The van der Waals surface area contributed by atoms with Gasteiger partial charge in [-0.25, -0.2) is 0 Å². The Balaban J connectivity index is 1.33. The Morgan fingerprint density at radius 1 is 1.14 bits per heavy atom. The number of nitrogens with two attached hydrogens (primary N) is 1. The van der Waals surface area contributed by atoms with Gasteiger partial charge in [0.05, 0.1) is 0 Å². The van der Waals surface area contributed by atoms with E-state index in [0.717, 1.165) is 38.0 Å². The van der Waals surface area contributed by atoms with Crippen molar-refractivity contribution in [2.45, 2.75) is 109 Å². The predicted octanol–water partition coefficient (Wildman–Crippen LogP) is 4.03. The molecule has 0 aromatic carbocycles. The molecule has 1 aliphatic heterocycles. The summed E-state index contributed by atoms with van der Waals surface area (Å²) in [5, 5.41) is 2.96. The van der Waals surface area contributed by atoms with Crippen molar-refractivity contribution < 1.29 is 19.3 Å². The summed E-state index contributed by atoms with van der Waals surface area (Å²) in [5.74, 6) is 1.04. The number of amides is 1. The molecule has 4 fully saturated rings. The minimum Gasteiger partial charge on any atom is -0.354 e. The number of carbonyl (C=O) groups excluding carboxylic acids is 1. The van der Waals surface area contributed by atoms with Crippen molar-refractivity contribution in [1.82, 2.24) is 5.32 Å². The molecule has 3 N–H and O–H groups in total. The standard InChI is InChI=1S/C23H40N2O4/c1-4-18-12-17-6-5-7-19(13-17)23(18)27-22(28-29-23)10-8-16(9-11-22)14-20(26)25-15-21(2,3)24/h16-19H,4-15,24H2,1-3H3,(H,25,26)/t16?,17-,18+,19-,22?,23?/m0/s1. The monoisotopic (exact) mass is 408 g/mol. The zero-order valence-corrected chi connectivity index (χ0v) is 18.5. The maximum absolute atomic E-state index is 12.3. The van der Waals surface area contributed by atoms with Crippen LogP contribution in [-0.4, -0.2) is 29.6 Å². The van der Waals surface area contributed by atoms with Gasteiger partial charge in [0.25, 0.3) is 0 Å². The molecular formula is C23H40N2O4. The number of rotatable bonds is 5. The van der Waals surface area contributed by atoms with Crippen molar-refractivity contribution in [2.24, 2.45) is 29.4 Å². The summed E-state index contributed by atoms with van der Waals surface area (Å²) in [6.07, 6.45) is 11.4. The molecule has 0 radical (unpaired) electrons. The first kappa shape index (κ1) is 21.5. The van der Waals surface area contributed by atoms with Crippen LogP contribution in [0.2, 0.25) is 0 Å². The maximum atomic E-state index is 12.3. The van der Waals surface area contributed by atoms with Gasteiger partial charge in [0.1, 0.15) is 0 Å². The van der Waals surface area contributed by atoms with Crippen LogP contribution in [0.15, 0.2) is 0 Å². The SMILES string of the molecule is CC[C@@H]1C[C@@H]2CCC[C@@H](C2)C12OOC1(CCC(CC(=O)NCC(C)(C)N)CC1)O2. The number of ether oxygens (including phenoxy) is 1. The zero-order chi connectivity index (χ0) is 20.7. The van der Waals surface area contributed by atoms with Gasteiger partial charge in [-0.15, -0.1) is 0 Å². The molecule has 6 nitrogen and oxygen atoms in total. The molecule has 1 amide bonds. The molecule has 4 rings (SSSR count). The van der Waals surface area contributed by atoms with Crippen LogP contribution < -0.4 is 11.1 Å². The second kappa shape index (κ2) is 8.10. The molecular weight excluding hydrogens is 368 g/mol. The van der Waals surface area contributed by atoms with E-state index >= 15 is 0 Å². The average Bonchev–Trinajstić information content (AvgIpc) is 3.05. The summed E-state index contributed by atoms with van der Waals surface area (Å²) in [6, 6.07) is 0. The predicted molar refractivity (Wildman–Crippen MR) is 110 cm³/mol. The van der Waals surface area contributed by atoms with E-state index in [9.17, 15) is 4.79 Å². The minimum atomic E-state index is -0.607. The summed E-state index contributed by atoms with van der Waals surface area (Å²) in [5.41, 5.74) is 5.58. The molecule has 166 valence electrons. The van der Waals surface area contributed by atoms with Crippen molar-refractivity contribution in [1.29, 1.82) is 0 Å². The van der Waals surface area contributed by atoms with Crippen molar-refractivity contribution >= 4 is 5.91 Å². The normalized spacial score (nSPS) is 42.3. The van der Waals surface area contributed by atoms with Gasteiger partial charge in [-0.05, 0) is 64.2 Å². The van der Waals surface area contributed by atoms with E-state index in [-0.39, 0.29) is 11.4 Å². The highest BCUT2D eigenvalue weighted by Crippen LogP contribution is 2.58. The first-order valence-electron chi connectivity index (χ1n) is 11.9. The Bertz CT molecular complexity index is 592. The zero-order valence-electron chi connectivity index (χ0n) is 18.5. The van der Waals surface area contributed by atoms with Crippen LogP contribution in [0.25, 0.3) is 0 Å². The molecule has 6 heteroatoms. The van der Waals surface area contributed by atoms with Crippen molar-refractivity contribution in [2.75, 3.05) is 6.54 Å². The van der Waals surface area contributed by atoms with Gasteiger partial charge in [-0.1, -0.05) is 19.8 Å². The molecule has 0 aromatic heterocycles. The third-order valence-corrected chi connectivity index (χ3v) is 7.78. The van der Waals surface area contributed by atoms with E-state index in [1.807, 2.05) is 13.8 Å². The number of nitrogens with one attached hydrogen (secondary N) is 1. The Hall–Kier alpha value is -0.690. The topological polar surface area (TPSA) is 82.8 Å². The van der Waals surface area contributed by atoms with E-state index in [0.29, 0.717) is 30.7 Å². The highest BCUT2D eigenvalue weighted by Gasteiger charge is 2.63. The first-order chi connectivity index (χ1) is 13.7. The molecule has 1 saturated heterocycles. The Morgan fingerprint density at radius 3 is 2.59 bits per heavy atom. The third kappa shape index (κ3) is 4.51. The lowest BCUT2D eigenvalue weighted by atomic mass is 9.63. The van der Waals surface area contributed by atoms with Crippen molar-refractivity contribution in [3.63, 3.8) is 0 Å². The van der Waals surface area contributed by atoms with Crippen LogP contribution in [-0.2, 0) is 19.3 Å². The van der Waals surface area contributed by atoms with Crippen LogP contribution in [0.1, 0.15) is 91.4 Å². The van der Waals surface area contributed by atoms with Gasteiger partial charge in [0.2, 0.25) is 17.5 Å². The number of fused-ring (bicyclic) bond motifs is 3. The molecule has 3 saturated carbocycles. The van der Waals surface area contributed by atoms with Gasteiger partial charge in [0.15, 0.2) is 0 Å². The summed E-state index contributed by atoms with van der Waals surface area (Å²) in [7, 11) is 0. The largest absolute Gasteiger partial charge is 0.354 e. The summed E-state index contributed by atoms with van der Waals surface area (Å²) in [4.78, 5) is 24.4. The number of hydrogen-bond acceptors (Lipinski definition) is 5. The van der Waals surface area contributed by atoms with Gasteiger partial charge in [-0.3, -0.25) is 4.79 Å². The van der Waals surface area contributed by atoms with Crippen LogP contribution >= 0.6 is 0 Å². The molecule has 0 aromatic rings. The summed E-state index contributed by atoms with van der Waals surface area (Å²) < 4.78 is 6.79. The molecule has 1 heterocycles. The molecule has 2 spiro atoms. The number of carbonyl (C=O) groups is 1. The molecule has 4 aliphatic rings. The molecule has 3 aliphatic carbocycles. The second-order valence-corrected chi connectivity index (χ2v) is 10.9. The lowest BCUT2D eigenvalue weighted by molar-refractivity contribution is -0.381. The van der Waals surface area contributed by atoms with Gasteiger partial charge in [-0.2, -0.15) is 9.78 Å². The van der Waals surface area contributed by atoms with Crippen LogP contribution in [0.4, 0.5) is 0 Å². The van der Waals surface area contributed by atoms with E-state index in [4.69, 9.17) is 20.2 Å². The fourth-order valence-electron chi connectivity index (χ4n) is 6.16. The van der Waals surface area contributed by atoms with Gasteiger partial charge < -0.3 is 15.8 Å². The molecule has 4 atom stereocenters. The highest BCUT2D eigenvalue weighted by molar-refractivity contribution is 5.76. The highest BCUT2D eigenvalue weighted by atomic mass is 17.3. The summed E-state index contributed by atoms with van der Waals surface area (Å²) in [6.45, 7) is 6.60. The van der Waals surface area contributed by atoms with Gasteiger partial charge >= 0.3 is 0 Å². The van der Waals surface area contributed by atoms with Crippen molar-refractivity contribution in [3.05, 3.63) is 0 Å². The Kier molecular flexibility index (Phi) is 6.02. The van der Waals surface area contributed by atoms with Gasteiger partial charge in [0, 0.05) is 43.2 Å². The second-order valence-electron chi connectivity index (χ2n) is 10.9. The fraction of sp³-hybridized carbons (Fsp3) is 0.957. The first-order valence-corrected chi connectivity index (χ1v) is 11.9. The molecule has 2 bridgehead atoms. The van der Waals surface area contributed by atoms with E-state index in [1.165, 1.54) is 32.1 Å². The van der Waals surface area contributed by atoms with Crippen LogP contribution in [0.5, 0.6) is 0 Å². The smallest absolute Gasteiger partial charge is 0.220 e.